The van der Waals surface area contributed by atoms with E-state index < -0.39 is 0 Å². The van der Waals surface area contributed by atoms with Gasteiger partial charge in [-0.05, 0) is 47.7 Å². The molecular formula is C20H24N2O3. The predicted molar refractivity (Wildman–Crippen MR) is 96.1 cm³/mol. The van der Waals surface area contributed by atoms with Gasteiger partial charge in [0.25, 0.3) is 5.91 Å². The van der Waals surface area contributed by atoms with Gasteiger partial charge < -0.3 is 14.4 Å². The Labute approximate surface area is 148 Å². The number of carbonyl (C=O) groups is 1. The number of ether oxygens (including phenoxy) is 2. The molecule has 0 radical (unpaired) electrons. The van der Waals surface area contributed by atoms with Crippen LogP contribution in [0.3, 0.4) is 0 Å². The molecule has 1 atom stereocenters. The Balaban J connectivity index is 2.03. The quantitative estimate of drug-likeness (QED) is 0.855. The standard InChI is InChI=1S/C20H24N2O3/c1-13(2)19-16-12-18(25-4)17(24-3)11-15(16)7-10-22(19)20(23)14-5-8-21-9-6-14/h5-6,8-9,11-13,19H,7,10H2,1-4H3. The van der Waals surface area contributed by atoms with E-state index in [-0.39, 0.29) is 17.9 Å². The van der Waals surface area contributed by atoms with Gasteiger partial charge in [-0.15, -0.1) is 0 Å². The minimum Gasteiger partial charge on any atom is -0.493 e. The van der Waals surface area contributed by atoms with Gasteiger partial charge in [-0.1, -0.05) is 13.8 Å². The molecule has 5 nitrogen and oxygen atoms in total. The van der Waals surface area contributed by atoms with Crippen molar-refractivity contribution >= 4 is 5.91 Å². The lowest BCUT2D eigenvalue weighted by Crippen LogP contribution is -2.42. The Hall–Kier alpha value is -2.56. The van der Waals surface area contributed by atoms with Gasteiger partial charge in [0.05, 0.1) is 20.3 Å². The lowest BCUT2D eigenvalue weighted by atomic mass is 9.85. The first-order chi connectivity index (χ1) is 12.1. The molecule has 0 aliphatic carbocycles. The number of carbonyl (C=O) groups excluding carboxylic acids is 1. The second kappa shape index (κ2) is 7.13. The summed E-state index contributed by atoms with van der Waals surface area (Å²) in [6.45, 7) is 4.97. The molecule has 0 fully saturated rings. The highest BCUT2D eigenvalue weighted by Gasteiger charge is 2.34. The molecule has 2 aromatic rings. The Kier molecular flexibility index (Phi) is 4.93. The van der Waals surface area contributed by atoms with Crippen molar-refractivity contribution < 1.29 is 14.3 Å². The summed E-state index contributed by atoms with van der Waals surface area (Å²) in [6, 6.07) is 7.60. The van der Waals surface area contributed by atoms with Gasteiger partial charge in [-0.2, -0.15) is 0 Å². The number of methoxy groups -OCH3 is 2. The van der Waals surface area contributed by atoms with Crippen LogP contribution in [-0.4, -0.2) is 36.6 Å². The normalized spacial score (nSPS) is 16.5. The highest BCUT2D eigenvalue weighted by atomic mass is 16.5. The lowest BCUT2D eigenvalue weighted by molar-refractivity contribution is 0.0602. The molecule has 0 saturated heterocycles. The number of rotatable bonds is 4. The van der Waals surface area contributed by atoms with Crippen molar-refractivity contribution in [1.29, 1.82) is 0 Å². The van der Waals surface area contributed by atoms with E-state index in [2.05, 4.69) is 18.8 Å². The number of benzene rings is 1. The third kappa shape index (κ3) is 3.18. The van der Waals surface area contributed by atoms with Crippen molar-refractivity contribution in [2.24, 2.45) is 5.92 Å². The van der Waals surface area contributed by atoms with Crippen LogP contribution in [0.2, 0.25) is 0 Å². The zero-order valence-electron chi connectivity index (χ0n) is 15.2. The predicted octanol–water partition coefficient (Wildman–Crippen LogP) is 3.49. The molecule has 132 valence electrons. The number of amides is 1. The average molecular weight is 340 g/mol. The molecule has 1 aliphatic rings. The van der Waals surface area contributed by atoms with Crippen LogP contribution in [0.5, 0.6) is 11.5 Å². The topological polar surface area (TPSA) is 51.7 Å². The smallest absolute Gasteiger partial charge is 0.254 e. The fraction of sp³-hybridized carbons (Fsp3) is 0.400. The summed E-state index contributed by atoms with van der Waals surface area (Å²) in [5.41, 5.74) is 3.03. The molecule has 0 bridgehead atoms. The maximum atomic E-state index is 13.0. The van der Waals surface area contributed by atoms with Crippen LogP contribution >= 0.6 is 0 Å². The van der Waals surface area contributed by atoms with E-state index >= 15 is 0 Å². The van der Waals surface area contributed by atoms with E-state index in [1.165, 1.54) is 5.56 Å². The summed E-state index contributed by atoms with van der Waals surface area (Å²) in [5.74, 6) is 1.76. The minimum absolute atomic E-state index is 0.00391. The molecule has 0 N–H and O–H groups in total. The summed E-state index contributed by atoms with van der Waals surface area (Å²) in [5, 5.41) is 0. The largest absolute Gasteiger partial charge is 0.493 e. The number of nitrogens with zero attached hydrogens (tertiary/aromatic N) is 2. The second-order valence-electron chi connectivity index (χ2n) is 6.58. The molecule has 25 heavy (non-hydrogen) atoms. The van der Waals surface area contributed by atoms with Crippen molar-refractivity contribution in [3.8, 4) is 11.5 Å². The number of hydrogen-bond acceptors (Lipinski definition) is 4. The molecule has 0 saturated carbocycles. The highest BCUT2D eigenvalue weighted by Crippen LogP contribution is 2.41. The van der Waals surface area contributed by atoms with Crippen LogP contribution in [0.15, 0.2) is 36.7 Å². The minimum atomic E-state index is 0.00391. The van der Waals surface area contributed by atoms with Crippen LogP contribution in [-0.2, 0) is 6.42 Å². The van der Waals surface area contributed by atoms with Crippen molar-refractivity contribution in [2.75, 3.05) is 20.8 Å². The Bertz CT molecular complexity index is 759. The third-order valence-corrected chi connectivity index (χ3v) is 4.74. The fourth-order valence-corrected chi connectivity index (χ4v) is 3.58. The molecule has 1 unspecified atom stereocenters. The van der Waals surface area contributed by atoms with Crippen LogP contribution in [0, 0.1) is 5.92 Å². The molecule has 5 heteroatoms. The molecule has 3 rings (SSSR count). The Morgan fingerprint density at radius 3 is 2.40 bits per heavy atom. The van der Waals surface area contributed by atoms with E-state index in [0.717, 1.165) is 17.7 Å². The maximum Gasteiger partial charge on any atom is 0.254 e. The average Bonchev–Trinajstić information content (AvgIpc) is 2.65. The van der Waals surface area contributed by atoms with E-state index in [1.54, 1.807) is 38.7 Å². The zero-order valence-corrected chi connectivity index (χ0v) is 15.2. The van der Waals surface area contributed by atoms with Crippen molar-refractivity contribution in [3.05, 3.63) is 53.3 Å². The van der Waals surface area contributed by atoms with Gasteiger partial charge in [-0.25, -0.2) is 0 Å². The van der Waals surface area contributed by atoms with Gasteiger partial charge in [0.15, 0.2) is 11.5 Å². The number of pyridine rings is 1. The summed E-state index contributed by atoms with van der Waals surface area (Å²) < 4.78 is 10.9. The molecule has 0 spiro atoms. The van der Waals surface area contributed by atoms with Crippen molar-refractivity contribution in [1.82, 2.24) is 9.88 Å². The fourth-order valence-electron chi connectivity index (χ4n) is 3.58. The highest BCUT2D eigenvalue weighted by molar-refractivity contribution is 5.94. The van der Waals surface area contributed by atoms with Crippen LogP contribution in [0.1, 0.15) is 41.4 Å². The molecule has 1 aliphatic heterocycles. The summed E-state index contributed by atoms with van der Waals surface area (Å²) in [4.78, 5) is 19.0. The molecule has 2 heterocycles. The lowest BCUT2D eigenvalue weighted by Gasteiger charge is -2.40. The third-order valence-electron chi connectivity index (χ3n) is 4.74. The second-order valence-corrected chi connectivity index (χ2v) is 6.58. The first kappa shape index (κ1) is 17.3. The maximum absolute atomic E-state index is 13.0. The Morgan fingerprint density at radius 2 is 1.80 bits per heavy atom. The molecule has 1 aromatic heterocycles. The van der Waals surface area contributed by atoms with Crippen LogP contribution in [0.4, 0.5) is 0 Å². The monoisotopic (exact) mass is 340 g/mol. The van der Waals surface area contributed by atoms with Gasteiger partial charge in [0.2, 0.25) is 0 Å². The van der Waals surface area contributed by atoms with E-state index in [9.17, 15) is 4.79 Å². The van der Waals surface area contributed by atoms with Crippen LogP contribution in [0.25, 0.3) is 0 Å². The van der Waals surface area contributed by atoms with E-state index in [0.29, 0.717) is 17.9 Å². The van der Waals surface area contributed by atoms with Crippen molar-refractivity contribution in [3.63, 3.8) is 0 Å². The van der Waals surface area contributed by atoms with E-state index in [1.807, 2.05) is 17.0 Å². The summed E-state index contributed by atoms with van der Waals surface area (Å²) in [7, 11) is 3.28. The first-order valence-corrected chi connectivity index (χ1v) is 8.52. The number of aromatic nitrogens is 1. The Morgan fingerprint density at radius 1 is 1.16 bits per heavy atom. The van der Waals surface area contributed by atoms with Crippen LogP contribution < -0.4 is 9.47 Å². The van der Waals surface area contributed by atoms with Gasteiger partial charge in [0, 0.05) is 24.5 Å². The SMILES string of the molecule is COc1cc2c(cc1OC)C(C(C)C)N(C(=O)c1ccncc1)CC2. The van der Waals surface area contributed by atoms with E-state index in [4.69, 9.17) is 9.47 Å². The molecular weight excluding hydrogens is 316 g/mol. The number of fused-ring (bicyclic) bond motifs is 1. The molecule has 1 aromatic carbocycles. The van der Waals surface area contributed by atoms with Crippen molar-refractivity contribution in [2.45, 2.75) is 26.3 Å². The summed E-state index contributed by atoms with van der Waals surface area (Å²) >= 11 is 0. The first-order valence-electron chi connectivity index (χ1n) is 8.52. The molecule has 1 amide bonds. The number of hydrogen-bond donors (Lipinski definition) is 0. The summed E-state index contributed by atoms with van der Waals surface area (Å²) in [6.07, 6.45) is 4.11. The zero-order chi connectivity index (χ0) is 18.0. The van der Waals surface area contributed by atoms with Gasteiger partial charge >= 0.3 is 0 Å². The van der Waals surface area contributed by atoms with Gasteiger partial charge in [0.1, 0.15) is 0 Å². The van der Waals surface area contributed by atoms with Gasteiger partial charge in [-0.3, -0.25) is 9.78 Å².